The highest BCUT2D eigenvalue weighted by atomic mass is 16.5. The van der Waals surface area contributed by atoms with Gasteiger partial charge in [-0.1, -0.05) is 6.08 Å². The molecule has 0 amide bonds. The summed E-state index contributed by atoms with van der Waals surface area (Å²) in [5.74, 6) is 0.155. The lowest BCUT2D eigenvalue weighted by Gasteiger charge is -2.02. The van der Waals surface area contributed by atoms with Gasteiger partial charge in [-0.2, -0.15) is 0 Å². The fourth-order valence-corrected chi connectivity index (χ4v) is 0.602. The van der Waals surface area contributed by atoms with Gasteiger partial charge in [0.2, 0.25) is 0 Å². The van der Waals surface area contributed by atoms with Crippen molar-refractivity contribution in [1.82, 2.24) is 0 Å². The molecule has 0 aromatic heterocycles. The molecule has 70 valence electrons. The van der Waals surface area contributed by atoms with E-state index in [1.54, 1.807) is 13.0 Å². The molecule has 3 heteroatoms. The van der Waals surface area contributed by atoms with Crippen molar-refractivity contribution in [2.45, 2.75) is 13.3 Å². The molecule has 0 aromatic carbocycles. The van der Waals surface area contributed by atoms with E-state index in [1.165, 1.54) is 0 Å². The summed E-state index contributed by atoms with van der Waals surface area (Å²) in [4.78, 5) is 10.5. The number of carbonyl (C=O) groups is 1. The van der Waals surface area contributed by atoms with E-state index in [-0.39, 0.29) is 5.78 Å². The Labute approximate surface area is 73.4 Å². The molecule has 0 saturated heterocycles. The predicted molar refractivity (Wildman–Crippen MR) is 47.1 cm³/mol. The maximum Gasteiger partial charge on any atom is 0.132 e. The van der Waals surface area contributed by atoms with Crippen molar-refractivity contribution in [2.75, 3.05) is 26.4 Å². The quantitative estimate of drug-likeness (QED) is 0.407. The van der Waals surface area contributed by atoms with Gasteiger partial charge in [0, 0.05) is 6.42 Å². The van der Waals surface area contributed by atoms with Gasteiger partial charge in [0.1, 0.15) is 5.78 Å². The van der Waals surface area contributed by atoms with E-state index in [0.29, 0.717) is 32.8 Å². The van der Waals surface area contributed by atoms with Crippen LogP contribution < -0.4 is 0 Å². The molecule has 0 aliphatic heterocycles. The first-order valence-electron chi connectivity index (χ1n) is 4.03. The highest BCUT2D eigenvalue weighted by Crippen LogP contribution is 1.84. The summed E-state index contributed by atoms with van der Waals surface area (Å²) in [5.41, 5.74) is 0. The minimum absolute atomic E-state index is 0.155. The number of ketones is 1. The molecule has 0 spiro atoms. The molecule has 0 radical (unpaired) electrons. The Hall–Kier alpha value is -0.670. The van der Waals surface area contributed by atoms with E-state index in [0.717, 1.165) is 0 Å². The summed E-state index contributed by atoms with van der Waals surface area (Å²) >= 11 is 0. The normalized spacial score (nSPS) is 9.75. The van der Waals surface area contributed by atoms with E-state index in [4.69, 9.17) is 9.47 Å². The van der Waals surface area contributed by atoms with Gasteiger partial charge in [0.25, 0.3) is 0 Å². The van der Waals surface area contributed by atoms with E-state index in [1.807, 2.05) is 0 Å². The number of rotatable bonds is 8. The van der Waals surface area contributed by atoms with Crippen LogP contribution in [0.5, 0.6) is 0 Å². The van der Waals surface area contributed by atoms with Gasteiger partial charge in [-0.25, -0.2) is 0 Å². The molecule has 0 rings (SSSR count). The number of ether oxygens (including phenoxy) is 2. The second kappa shape index (κ2) is 8.43. The van der Waals surface area contributed by atoms with Crippen LogP contribution in [0.3, 0.4) is 0 Å². The molecule has 0 aliphatic carbocycles. The lowest BCUT2D eigenvalue weighted by Crippen LogP contribution is -2.07. The largest absolute Gasteiger partial charge is 0.379 e. The molecule has 0 aliphatic rings. The Morgan fingerprint density at radius 2 is 2.00 bits per heavy atom. The van der Waals surface area contributed by atoms with Gasteiger partial charge in [0.05, 0.1) is 26.4 Å². The monoisotopic (exact) mass is 172 g/mol. The summed E-state index contributed by atoms with van der Waals surface area (Å²) in [5, 5.41) is 0. The van der Waals surface area contributed by atoms with Gasteiger partial charge >= 0.3 is 0 Å². The fourth-order valence-electron chi connectivity index (χ4n) is 0.602. The van der Waals surface area contributed by atoms with Crippen LogP contribution >= 0.6 is 0 Å². The van der Waals surface area contributed by atoms with Gasteiger partial charge in [-0.05, 0) is 6.92 Å². The highest BCUT2D eigenvalue weighted by molar-refractivity contribution is 5.75. The van der Waals surface area contributed by atoms with Crippen LogP contribution in [-0.4, -0.2) is 32.2 Å². The van der Waals surface area contributed by atoms with E-state index in [2.05, 4.69) is 6.58 Å². The molecule has 12 heavy (non-hydrogen) atoms. The minimum atomic E-state index is 0.155. The van der Waals surface area contributed by atoms with Crippen LogP contribution in [0.1, 0.15) is 13.3 Å². The molecule has 0 N–H and O–H groups in total. The molecule has 0 fully saturated rings. The van der Waals surface area contributed by atoms with Gasteiger partial charge in [-0.3, -0.25) is 4.79 Å². The standard InChI is InChI=1S/C9H16O3/c1-3-5-11-7-8-12-6-4-9(2)10/h3H,1,4-8H2,2H3. The van der Waals surface area contributed by atoms with Crippen molar-refractivity contribution >= 4 is 5.78 Å². The topological polar surface area (TPSA) is 35.5 Å². The summed E-state index contributed by atoms with van der Waals surface area (Å²) in [7, 11) is 0. The van der Waals surface area contributed by atoms with Gasteiger partial charge in [-0.15, -0.1) is 6.58 Å². The van der Waals surface area contributed by atoms with E-state index in [9.17, 15) is 4.79 Å². The van der Waals surface area contributed by atoms with Crippen LogP contribution in [0.2, 0.25) is 0 Å². The molecule has 0 atom stereocenters. The first-order chi connectivity index (χ1) is 5.77. The maximum atomic E-state index is 10.5. The Bertz CT molecular complexity index is 132. The smallest absolute Gasteiger partial charge is 0.132 e. The van der Waals surface area contributed by atoms with Crippen molar-refractivity contribution in [2.24, 2.45) is 0 Å². The fraction of sp³-hybridized carbons (Fsp3) is 0.667. The Kier molecular flexibility index (Phi) is 7.96. The molecule has 0 unspecified atom stereocenters. The van der Waals surface area contributed by atoms with Crippen LogP contribution in [0, 0.1) is 0 Å². The van der Waals surface area contributed by atoms with Crippen LogP contribution in [0.4, 0.5) is 0 Å². The number of hydrogen-bond donors (Lipinski definition) is 0. The Balaban J connectivity index is 2.90. The molecular formula is C9H16O3. The third-order valence-electron chi connectivity index (χ3n) is 1.21. The zero-order valence-corrected chi connectivity index (χ0v) is 7.54. The first kappa shape index (κ1) is 11.3. The molecular weight excluding hydrogens is 156 g/mol. The van der Waals surface area contributed by atoms with Crippen molar-refractivity contribution in [3.05, 3.63) is 12.7 Å². The molecule has 0 bridgehead atoms. The number of Topliss-reactive ketones (excluding diaryl/α,β-unsaturated/α-hetero) is 1. The number of carbonyl (C=O) groups excluding carboxylic acids is 1. The number of hydrogen-bond acceptors (Lipinski definition) is 3. The zero-order valence-electron chi connectivity index (χ0n) is 7.54. The average molecular weight is 172 g/mol. The lowest BCUT2D eigenvalue weighted by molar-refractivity contribution is -0.118. The van der Waals surface area contributed by atoms with Crippen molar-refractivity contribution < 1.29 is 14.3 Å². The van der Waals surface area contributed by atoms with Crippen LogP contribution in [0.25, 0.3) is 0 Å². The summed E-state index contributed by atoms with van der Waals surface area (Å²) in [6, 6.07) is 0. The Morgan fingerprint density at radius 3 is 2.58 bits per heavy atom. The lowest BCUT2D eigenvalue weighted by atomic mass is 10.3. The van der Waals surface area contributed by atoms with Crippen molar-refractivity contribution in [3.63, 3.8) is 0 Å². The average Bonchev–Trinajstić information content (AvgIpc) is 2.02. The maximum absolute atomic E-state index is 10.5. The molecule has 0 saturated carbocycles. The summed E-state index contributed by atoms with van der Waals surface area (Å²) in [6.45, 7) is 7.21. The second-order valence-electron chi connectivity index (χ2n) is 2.43. The predicted octanol–water partition coefficient (Wildman–Crippen LogP) is 1.18. The third-order valence-corrected chi connectivity index (χ3v) is 1.21. The van der Waals surface area contributed by atoms with Crippen LogP contribution in [-0.2, 0) is 14.3 Å². The highest BCUT2D eigenvalue weighted by Gasteiger charge is 1.92. The molecule has 0 heterocycles. The second-order valence-corrected chi connectivity index (χ2v) is 2.43. The first-order valence-corrected chi connectivity index (χ1v) is 4.03. The summed E-state index contributed by atoms with van der Waals surface area (Å²) < 4.78 is 10.2. The third kappa shape index (κ3) is 9.33. The van der Waals surface area contributed by atoms with E-state index >= 15 is 0 Å². The zero-order chi connectivity index (χ0) is 9.23. The summed E-state index contributed by atoms with van der Waals surface area (Å²) in [6.07, 6.45) is 2.18. The van der Waals surface area contributed by atoms with Gasteiger partial charge in [0.15, 0.2) is 0 Å². The van der Waals surface area contributed by atoms with Crippen molar-refractivity contribution in [1.29, 1.82) is 0 Å². The van der Waals surface area contributed by atoms with Gasteiger partial charge < -0.3 is 9.47 Å². The van der Waals surface area contributed by atoms with Crippen LogP contribution in [0.15, 0.2) is 12.7 Å². The SMILES string of the molecule is C=CCOCCOCCC(C)=O. The minimum Gasteiger partial charge on any atom is -0.379 e. The molecule has 0 aromatic rings. The molecule has 3 nitrogen and oxygen atoms in total. The van der Waals surface area contributed by atoms with E-state index < -0.39 is 0 Å². The Morgan fingerprint density at radius 1 is 1.33 bits per heavy atom. The van der Waals surface area contributed by atoms with Crippen molar-refractivity contribution in [3.8, 4) is 0 Å².